The number of aromatic nitrogens is 3. The highest BCUT2D eigenvalue weighted by molar-refractivity contribution is 5.91. The van der Waals surface area contributed by atoms with E-state index in [1.807, 2.05) is 0 Å². The Morgan fingerprint density at radius 2 is 1.91 bits per heavy atom. The van der Waals surface area contributed by atoms with Crippen LogP contribution in [0.5, 0.6) is 0 Å². The second-order valence-corrected chi connectivity index (χ2v) is 8.19. The quantitative estimate of drug-likeness (QED) is 0.568. The van der Waals surface area contributed by atoms with Crippen LogP contribution in [0, 0.1) is 5.82 Å². The Hall–Kier alpha value is -3.75. The summed E-state index contributed by atoms with van der Waals surface area (Å²) in [5.74, 6) is -0.525. The number of rotatable bonds is 5. The molecule has 0 bridgehead atoms. The van der Waals surface area contributed by atoms with Gasteiger partial charge >= 0.3 is 12.1 Å². The summed E-state index contributed by atoms with van der Waals surface area (Å²) in [6, 6.07) is 9.09. The fourth-order valence-corrected chi connectivity index (χ4v) is 2.90. The van der Waals surface area contributed by atoms with E-state index in [0.717, 1.165) is 0 Å². The van der Waals surface area contributed by atoms with Gasteiger partial charge in [-0.1, -0.05) is 12.1 Å². The molecular formula is C23H25FN4O4. The van der Waals surface area contributed by atoms with Crippen molar-refractivity contribution in [2.24, 2.45) is 7.05 Å². The number of aryl methyl sites for hydroxylation is 1. The lowest BCUT2D eigenvalue weighted by atomic mass is 10.1. The second kappa shape index (κ2) is 9.17. The highest BCUT2D eigenvalue weighted by Crippen LogP contribution is 2.27. The molecule has 2 aromatic heterocycles. The number of carbonyl (C=O) groups excluding carboxylic acids is 2. The minimum atomic E-state index is -0.725. The smallest absolute Gasteiger partial charge is 0.413 e. The molecule has 0 aliphatic rings. The largest absolute Gasteiger partial charge is 0.456 e. The Labute approximate surface area is 185 Å². The van der Waals surface area contributed by atoms with Crippen molar-refractivity contribution in [1.29, 1.82) is 0 Å². The summed E-state index contributed by atoms with van der Waals surface area (Å²) in [4.78, 5) is 28.9. The number of amides is 1. The summed E-state index contributed by atoms with van der Waals surface area (Å²) >= 11 is 0. The van der Waals surface area contributed by atoms with Gasteiger partial charge in [0.05, 0.1) is 23.0 Å². The average molecular weight is 440 g/mol. The van der Waals surface area contributed by atoms with E-state index < -0.39 is 29.6 Å². The molecule has 0 spiro atoms. The van der Waals surface area contributed by atoms with Crippen molar-refractivity contribution in [3.05, 3.63) is 65.7 Å². The van der Waals surface area contributed by atoms with Gasteiger partial charge in [-0.2, -0.15) is 5.10 Å². The number of hydrogen-bond acceptors (Lipinski definition) is 6. The number of halogens is 1. The van der Waals surface area contributed by atoms with Crippen LogP contribution >= 0.6 is 0 Å². The van der Waals surface area contributed by atoms with E-state index in [4.69, 9.17) is 9.47 Å². The fraction of sp³-hybridized carbons (Fsp3) is 0.304. The van der Waals surface area contributed by atoms with Crippen LogP contribution in [0.15, 0.2) is 48.8 Å². The van der Waals surface area contributed by atoms with E-state index in [-0.39, 0.29) is 0 Å². The summed E-state index contributed by atoms with van der Waals surface area (Å²) < 4.78 is 25.6. The van der Waals surface area contributed by atoms with E-state index in [2.05, 4.69) is 15.4 Å². The molecule has 1 atom stereocenters. The molecule has 3 rings (SSSR count). The maximum Gasteiger partial charge on any atom is 0.413 e. The van der Waals surface area contributed by atoms with Gasteiger partial charge in [0.1, 0.15) is 23.3 Å². The first-order chi connectivity index (χ1) is 15.0. The van der Waals surface area contributed by atoms with E-state index in [0.29, 0.717) is 28.2 Å². The molecule has 32 heavy (non-hydrogen) atoms. The van der Waals surface area contributed by atoms with Crippen LogP contribution in [0.25, 0.3) is 11.3 Å². The summed E-state index contributed by atoms with van der Waals surface area (Å²) in [6.07, 6.45) is 1.57. The van der Waals surface area contributed by atoms with Gasteiger partial charge in [-0.25, -0.2) is 14.0 Å². The Kier molecular flexibility index (Phi) is 6.57. The zero-order valence-electron chi connectivity index (χ0n) is 18.5. The molecule has 2 heterocycles. The van der Waals surface area contributed by atoms with Crippen molar-refractivity contribution in [3.8, 4) is 11.3 Å². The molecule has 0 radical (unpaired) electrons. The summed E-state index contributed by atoms with van der Waals surface area (Å²) in [5.41, 5.74) is 1.27. The summed E-state index contributed by atoms with van der Waals surface area (Å²) in [5, 5.41) is 6.82. The van der Waals surface area contributed by atoms with Gasteiger partial charge < -0.3 is 9.47 Å². The molecular weight excluding hydrogens is 415 g/mol. The van der Waals surface area contributed by atoms with E-state index in [9.17, 15) is 14.0 Å². The van der Waals surface area contributed by atoms with Gasteiger partial charge in [-0.05, 0) is 57.5 Å². The highest BCUT2D eigenvalue weighted by Gasteiger charge is 2.20. The van der Waals surface area contributed by atoms with Crippen LogP contribution in [0.4, 0.5) is 15.0 Å². The lowest BCUT2D eigenvalue weighted by Crippen LogP contribution is -2.23. The van der Waals surface area contributed by atoms with Crippen molar-refractivity contribution in [3.63, 3.8) is 0 Å². The minimum Gasteiger partial charge on any atom is -0.456 e. The monoisotopic (exact) mass is 440 g/mol. The summed E-state index contributed by atoms with van der Waals surface area (Å²) in [6.45, 7) is 7.01. The summed E-state index contributed by atoms with van der Waals surface area (Å²) in [7, 11) is 1.66. The lowest BCUT2D eigenvalue weighted by Gasteiger charge is -2.19. The van der Waals surface area contributed by atoms with Crippen LogP contribution in [0.3, 0.4) is 0 Å². The number of benzene rings is 1. The Bertz CT molecular complexity index is 1120. The molecule has 3 aromatic rings. The van der Waals surface area contributed by atoms with Gasteiger partial charge in [-0.15, -0.1) is 0 Å². The molecule has 0 saturated carbocycles. The molecule has 1 aromatic carbocycles. The molecule has 168 valence electrons. The molecule has 1 amide bonds. The number of pyridine rings is 1. The Morgan fingerprint density at radius 1 is 1.16 bits per heavy atom. The van der Waals surface area contributed by atoms with Gasteiger partial charge in [0.15, 0.2) is 0 Å². The average Bonchev–Trinajstić information content (AvgIpc) is 3.07. The first kappa shape index (κ1) is 22.9. The number of nitrogens with one attached hydrogen (secondary N) is 1. The van der Waals surface area contributed by atoms with Crippen molar-refractivity contribution in [2.45, 2.75) is 39.4 Å². The number of carbonyl (C=O) groups is 2. The van der Waals surface area contributed by atoms with Crippen LogP contribution in [0.2, 0.25) is 0 Å². The minimum absolute atomic E-state index is 0.311. The zero-order chi connectivity index (χ0) is 23.5. The first-order valence-corrected chi connectivity index (χ1v) is 9.98. The molecule has 0 aliphatic heterocycles. The fourth-order valence-electron chi connectivity index (χ4n) is 2.90. The molecule has 9 heteroatoms. The van der Waals surface area contributed by atoms with Crippen LogP contribution in [-0.4, -0.2) is 32.4 Å². The van der Waals surface area contributed by atoms with E-state index in [1.54, 1.807) is 65.2 Å². The van der Waals surface area contributed by atoms with Gasteiger partial charge in [-0.3, -0.25) is 15.0 Å². The van der Waals surface area contributed by atoms with Crippen molar-refractivity contribution in [2.75, 3.05) is 5.32 Å². The third kappa shape index (κ3) is 5.69. The second-order valence-electron chi connectivity index (χ2n) is 8.19. The predicted molar refractivity (Wildman–Crippen MR) is 117 cm³/mol. The number of anilines is 1. The van der Waals surface area contributed by atoms with E-state index >= 15 is 0 Å². The normalized spacial score (nSPS) is 12.2. The molecule has 0 saturated heterocycles. The topological polar surface area (TPSA) is 95.3 Å². The first-order valence-electron chi connectivity index (χ1n) is 9.98. The van der Waals surface area contributed by atoms with Crippen molar-refractivity contribution >= 4 is 17.9 Å². The van der Waals surface area contributed by atoms with Crippen LogP contribution in [-0.2, 0) is 16.5 Å². The maximum absolute atomic E-state index is 13.4. The third-order valence-electron chi connectivity index (χ3n) is 4.44. The number of nitrogens with zero attached hydrogens (tertiary/aromatic N) is 3. The number of hydrogen-bond donors (Lipinski definition) is 1. The number of esters is 1. The zero-order valence-corrected chi connectivity index (χ0v) is 18.5. The van der Waals surface area contributed by atoms with Gasteiger partial charge in [0.2, 0.25) is 0 Å². The highest BCUT2D eigenvalue weighted by atomic mass is 19.1. The van der Waals surface area contributed by atoms with Crippen LogP contribution in [0.1, 0.15) is 49.7 Å². The van der Waals surface area contributed by atoms with Crippen molar-refractivity contribution in [1.82, 2.24) is 14.8 Å². The Morgan fingerprint density at radius 3 is 2.53 bits per heavy atom. The maximum atomic E-state index is 13.4. The van der Waals surface area contributed by atoms with Gasteiger partial charge in [0.25, 0.3) is 0 Å². The standard InChI is InChI=1S/C23H25FN4O4/c1-14(15-7-6-8-17(24)11-15)31-22(30)27-20-18(13-26-28(20)5)19-10-9-16(12-25-19)21(29)32-23(2,3)4/h6-14H,1-5H3,(H,27,30)/t14-/m1/s1. The molecule has 0 unspecified atom stereocenters. The Balaban J connectivity index is 1.73. The molecule has 0 fully saturated rings. The van der Waals surface area contributed by atoms with E-state index in [1.165, 1.54) is 23.0 Å². The van der Waals surface area contributed by atoms with Gasteiger partial charge in [0, 0.05) is 13.2 Å². The third-order valence-corrected chi connectivity index (χ3v) is 4.44. The molecule has 8 nitrogen and oxygen atoms in total. The lowest BCUT2D eigenvalue weighted by molar-refractivity contribution is 0.00690. The molecule has 1 N–H and O–H groups in total. The SMILES string of the molecule is C[C@@H](OC(=O)Nc1c(-c2ccc(C(=O)OC(C)(C)C)cn2)cnn1C)c1cccc(F)c1. The van der Waals surface area contributed by atoms with Crippen molar-refractivity contribution < 1.29 is 23.5 Å². The predicted octanol–water partition coefficient (Wildman–Crippen LogP) is 4.89. The van der Waals surface area contributed by atoms with Crippen LogP contribution < -0.4 is 5.32 Å². The number of ether oxygens (including phenoxy) is 2. The molecule has 0 aliphatic carbocycles.